The Balaban J connectivity index is 1.77. The van der Waals surface area contributed by atoms with Gasteiger partial charge in [-0.1, -0.05) is 18.2 Å². The standard InChI is InChI=1S/C20H17NO3/c1-13-8-9-16(19-14(13)5-4-11-22-19)21-15-6-2-3-7-17(15)24-18-10-12-23-20(18)21/h2-3,6-10,12H,4-5,11H2,1H3. The maximum Gasteiger partial charge on any atom is 0.248 e. The maximum atomic E-state index is 6.07. The van der Waals surface area contributed by atoms with E-state index in [4.69, 9.17) is 13.9 Å². The van der Waals surface area contributed by atoms with Crippen LogP contribution in [0.1, 0.15) is 17.5 Å². The predicted molar refractivity (Wildman–Crippen MR) is 92.0 cm³/mol. The lowest BCUT2D eigenvalue weighted by Crippen LogP contribution is -2.18. The van der Waals surface area contributed by atoms with E-state index < -0.39 is 0 Å². The molecular formula is C20H17NO3. The van der Waals surface area contributed by atoms with Gasteiger partial charge in [-0.3, -0.25) is 4.90 Å². The quantitative estimate of drug-likeness (QED) is 0.465. The zero-order chi connectivity index (χ0) is 16.1. The molecule has 1 aromatic heterocycles. The Kier molecular flexibility index (Phi) is 2.86. The highest BCUT2D eigenvalue weighted by Crippen LogP contribution is 2.53. The molecule has 120 valence electrons. The first-order valence-electron chi connectivity index (χ1n) is 8.23. The Morgan fingerprint density at radius 2 is 1.88 bits per heavy atom. The van der Waals surface area contributed by atoms with Crippen LogP contribution in [0.3, 0.4) is 0 Å². The maximum absolute atomic E-state index is 6.07. The third-order valence-corrected chi connectivity index (χ3v) is 4.67. The molecule has 4 heteroatoms. The molecule has 4 nitrogen and oxygen atoms in total. The van der Waals surface area contributed by atoms with Gasteiger partial charge in [0, 0.05) is 6.07 Å². The van der Waals surface area contributed by atoms with Gasteiger partial charge >= 0.3 is 0 Å². The summed E-state index contributed by atoms with van der Waals surface area (Å²) >= 11 is 0. The number of aryl methyl sites for hydroxylation is 1. The molecule has 3 aromatic rings. The monoisotopic (exact) mass is 319 g/mol. The van der Waals surface area contributed by atoms with Crippen molar-refractivity contribution in [2.24, 2.45) is 0 Å². The van der Waals surface area contributed by atoms with Crippen LogP contribution in [0.5, 0.6) is 17.2 Å². The summed E-state index contributed by atoms with van der Waals surface area (Å²) < 4.78 is 17.8. The fraction of sp³-hybridized carbons (Fsp3) is 0.200. The zero-order valence-electron chi connectivity index (χ0n) is 13.4. The summed E-state index contributed by atoms with van der Waals surface area (Å²) in [5.41, 5.74) is 4.52. The largest absolute Gasteiger partial charge is 0.491 e. The molecule has 0 atom stereocenters. The first kappa shape index (κ1) is 13.5. The number of benzene rings is 2. The Labute approximate surface area is 140 Å². The van der Waals surface area contributed by atoms with E-state index in [-0.39, 0.29) is 0 Å². The van der Waals surface area contributed by atoms with Crippen molar-refractivity contribution in [2.75, 3.05) is 11.5 Å². The summed E-state index contributed by atoms with van der Waals surface area (Å²) in [6.45, 7) is 2.89. The van der Waals surface area contributed by atoms with Crippen LogP contribution >= 0.6 is 0 Å². The van der Waals surface area contributed by atoms with Gasteiger partial charge in [0.15, 0.2) is 11.5 Å². The molecule has 0 aliphatic carbocycles. The SMILES string of the molecule is Cc1ccc(N2c3ccccc3Oc3ccoc32)c2c1CCCO2. The minimum atomic E-state index is 0.689. The van der Waals surface area contributed by atoms with Crippen molar-refractivity contribution in [1.29, 1.82) is 0 Å². The fourth-order valence-electron chi connectivity index (χ4n) is 3.51. The van der Waals surface area contributed by atoms with Crippen LogP contribution in [0, 0.1) is 6.92 Å². The lowest BCUT2D eigenvalue weighted by molar-refractivity contribution is 0.288. The van der Waals surface area contributed by atoms with Crippen molar-refractivity contribution in [3.05, 3.63) is 59.9 Å². The van der Waals surface area contributed by atoms with Crippen LogP contribution in [-0.2, 0) is 6.42 Å². The topological polar surface area (TPSA) is 34.8 Å². The Bertz CT molecular complexity index is 928. The molecule has 2 aliphatic rings. The number of anilines is 3. The third-order valence-electron chi connectivity index (χ3n) is 4.67. The Morgan fingerprint density at radius 3 is 2.83 bits per heavy atom. The molecule has 0 saturated heterocycles. The third kappa shape index (κ3) is 1.86. The minimum Gasteiger partial charge on any atom is -0.491 e. The second kappa shape index (κ2) is 5.06. The van der Waals surface area contributed by atoms with E-state index in [1.807, 2.05) is 30.3 Å². The van der Waals surface area contributed by atoms with Gasteiger partial charge in [0.05, 0.1) is 24.2 Å². The number of fused-ring (bicyclic) bond motifs is 3. The van der Waals surface area contributed by atoms with Gasteiger partial charge in [-0.05, 0) is 49.1 Å². The van der Waals surface area contributed by atoms with Gasteiger partial charge in [0.1, 0.15) is 5.75 Å². The van der Waals surface area contributed by atoms with Crippen LogP contribution in [0.25, 0.3) is 0 Å². The smallest absolute Gasteiger partial charge is 0.248 e. The second-order valence-corrected chi connectivity index (χ2v) is 6.16. The van der Waals surface area contributed by atoms with Crippen molar-refractivity contribution in [3.8, 4) is 17.2 Å². The minimum absolute atomic E-state index is 0.689. The fourth-order valence-corrected chi connectivity index (χ4v) is 3.51. The summed E-state index contributed by atoms with van der Waals surface area (Å²) in [5.74, 6) is 3.18. The van der Waals surface area contributed by atoms with Crippen molar-refractivity contribution in [3.63, 3.8) is 0 Å². The van der Waals surface area contributed by atoms with Crippen molar-refractivity contribution >= 4 is 17.3 Å². The molecule has 0 saturated carbocycles. The van der Waals surface area contributed by atoms with E-state index >= 15 is 0 Å². The highest BCUT2D eigenvalue weighted by Gasteiger charge is 2.31. The number of nitrogens with zero attached hydrogens (tertiary/aromatic N) is 1. The number of furan rings is 1. The Hall–Kier alpha value is -2.88. The molecule has 2 aliphatic heterocycles. The summed E-state index contributed by atoms with van der Waals surface area (Å²) in [4.78, 5) is 2.09. The second-order valence-electron chi connectivity index (χ2n) is 6.16. The summed E-state index contributed by atoms with van der Waals surface area (Å²) in [7, 11) is 0. The predicted octanol–water partition coefficient (Wildman–Crippen LogP) is 5.49. The number of rotatable bonds is 1. The molecule has 3 heterocycles. The number of para-hydroxylation sites is 2. The number of hydrogen-bond acceptors (Lipinski definition) is 4. The first-order valence-corrected chi connectivity index (χ1v) is 8.23. The van der Waals surface area contributed by atoms with E-state index in [1.165, 1.54) is 11.1 Å². The van der Waals surface area contributed by atoms with Crippen molar-refractivity contribution in [2.45, 2.75) is 19.8 Å². The summed E-state index contributed by atoms with van der Waals surface area (Å²) in [6.07, 6.45) is 3.76. The molecule has 0 amide bonds. The van der Waals surface area contributed by atoms with E-state index in [1.54, 1.807) is 6.26 Å². The molecule has 0 radical (unpaired) electrons. The average molecular weight is 319 g/mol. The van der Waals surface area contributed by atoms with Gasteiger partial charge in [0.25, 0.3) is 0 Å². The van der Waals surface area contributed by atoms with Gasteiger partial charge in [-0.15, -0.1) is 0 Å². The van der Waals surface area contributed by atoms with E-state index in [0.717, 1.165) is 48.1 Å². The highest BCUT2D eigenvalue weighted by atomic mass is 16.5. The molecule has 2 aromatic carbocycles. The normalized spacial score (nSPS) is 15.0. The van der Waals surface area contributed by atoms with E-state index in [0.29, 0.717) is 5.88 Å². The van der Waals surface area contributed by atoms with E-state index in [2.05, 4.69) is 24.0 Å². The summed E-state index contributed by atoms with van der Waals surface area (Å²) in [6, 6.07) is 14.1. The Morgan fingerprint density at radius 1 is 0.958 bits per heavy atom. The number of ether oxygens (including phenoxy) is 2. The van der Waals surface area contributed by atoms with Crippen LogP contribution < -0.4 is 14.4 Å². The molecule has 24 heavy (non-hydrogen) atoms. The highest BCUT2D eigenvalue weighted by molar-refractivity contribution is 5.86. The van der Waals surface area contributed by atoms with Crippen molar-refractivity contribution in [1.82, 2.24) is 0 Å². The molecular weight excluding hydrogens is 302 g/mol. The molecule has 5 rings (SSSR count). The molecule has 0 unspecified atom stereocenters. The van der Waals surface area contributed by atoms with Gasteiger partial charge in [-0.25, -0.2) is 0 Å². The molecule has 0 spiro atoms. The van der Waals surface area contributed by atoms with Crippen LogP contribution in [0.2, 0.25) is 0 Å². The summed E-state index contributed by atoms with van der Waals surface area (Å²) in [5, 5.41) is 0. The van der Waals surface area contributed by atoms with Crippen LogP contribution in [0.15, 0.2) is 53.1 Å². The van der Waals surface area contributed by atoms with Gasteiger partial charge in [-0.2, -0.15) is 0 Å². The number of hydrogen-bond donors (Lipinski definition) is 0. The van der Waals surface area contributed by atoms with Crippen LogP contribution in [0.4, 0.5) is 17.3 Å². The van der Waals surface area contributed by atoms with Crippen molar-refractivity contribution < 1.29 is 13.9 Å². The average Bonchev–Trinajstić information content (AvgIpc) is 3.09. The van der Waals surface area contributed by atoms with E-state index in [9.17, 15) is 0 Å². The zero-order valence-corrected chi connectivity index (χ0v) is 13.4. The lowest BCUT2D eigenvalue weighted by atomic mass is 9.99. The van der Waals surface area contributed by atoms with Gasteiger partial charge in [0.2, 0.25) is 5.88 Å². The van der Waals surface area contributed by atoms with Gasteiger partial charge < -0.3 is 13.9 Å². The molecule has 0 fully saturated rings. The molecule has 0 N–H and O–H groups in total. The van der Waals surface area contributed by atoms with Crippen LogP contribution in [-0.4, -0.2) is 6.61 Å². The lowest BCUT2D eigenvalue weighted by Gasteiger charge is -2.32. The molecule has 0 bridgehead atoms. The first-order chi connectivity index (χ1) is 11.8.